The van der Waals surface area contributed by atoms with Crippen molar-refractivity contribution in [2.75, 3.05) is 42.9 Å². The number of rotatable bonds is 9. The first-order chi connectivity index (χ1) is 22.5. The van der Waals surface area contributed by atoms with Crippen molar-refractivity contribution < 1.29 is 36.3 Å². The number of anilines is 2. The Labute approximate surface area is 278 Å². The number of fused-ring (bicyclic) bond motifs is 4. The molecule has 48 heavy (non-hydrogen) atoms. The van der Waals surface area contributed by atoms with Crippen molar-refractivity contribution in [1.82, 2.24) is 19.2 Å². The molecule has 2 amide bonds. The monoisotopic (exact) mass is 686 g/mol. The standard InChI is InChI=1S/C33H40F2N6O6S/c1-19(2)41(31(43)47-32(3,4)5)10-11-46-29-26(38-48(44,45)40-17-21(34)18-40)12-20(15-37-29)22-13-23-25(14-24(22)35)36-16-27-28(23)33(8-7-9-33)30(42)39(27)6/h12-16,19,21,38H,7-11,17-18H2,1-6H3. The van der Waals surface area contributed by atoms with E-state index in [1.165, 1.54) is 23.2 Å². The minimum absolute atomic E-state index is 0.00648. The molecule has 0 bridgehead atoms. The minimum Gasteiger partial charge on any atom is -0.474 e. The first-order valence-electron chi connectivity index (χ1n) is 16.0. The summed E-state index contributed by atoms with van der Waals surface area (Å²) in [6.07, 6.45) is 3.43. The lowest BCUT2D eigenvalue weighted by molar-refractivity contribution is -0.125. The van der Waals surface area contributed by atoms with Crippen molar-refractivity contribution >= 4 is 44.5 Å². The highest BCUT2D eigenvalue weighted by Crippen LogP contribution is 2.55. The van der Waals surface area contributed by atoms with Crippen molar-refractivity contribution in [2.24, 2.45) is 0 Å². The van der Waals surface area contributed by atoms with Crippen LogP contribution in [-0.4, -0.2) is 90.7 Å². The summed E-state index contributed by atoms with van der Waals surface area (Å²) in [5, 5.41) is 0.634. The molecule has 4 heterocycles. The molecule has 258 valence electrons. The second-order valence-corrected chi connectivity index (χ2v) is 15.6. The molecule has 1 saturated carbocycles. The molecule has 1 saturated heterocycles. The Bertz CT molecular complexity index is 1890. The molecular weight excluding hydrogens is 646 g/mol. The van der Waals surface area contributed by atoms with E-state index in [1.54, 1.807) is 45.0 Å². The Morgan fingerprint density at radius 1 is 1.17 bits per heavy atom. The van der Waals surface area contributed by atoms with Gasteiger partial charge in [-0.1, -0.05) is 6.42 Å². The van der Waals surface area contributed by atoms with Gasteiger partial charge in [-0.15, -0.1) is 0 Å². The van der Waals surface area contributed by atoms with Crippen LogP contribution in [0.15, 0.2) is 30.6 Å². The van der Waals surface area contributed by atoms with Gasteiger partial charge in [-0.25, -0.2) is 18.6 Å². The molecule has 1 spiro atoms. The fourth-order valence-corrected chi connectivity index (χ4v) is 7.68. The highest BCUT2D eigenvalue weighted by atomic mass is 32.2. The largest absolute Gasteiger partial charge is 0.474 e. The van der Waals surface area contributed by atoms with E-state index >= 15 is 4.39 Å². The molecule has 1 N–H and O–H groups in total. The molecule has 15 heteroatoms. The van der Waals surface area contributed by atoms with E-state index in [4.69, 9.17) is 9.47 Å². The molecule has 1 aromatic carbocycles. The number of halogens is 2. The normalized spacial score (nSPS) is 17.8. The second-order valence-electron chi connectivity index (χ2n) is 13.9. The van der Waals surface area contributed by atoms with E-state index in [2.05, 4.69) is 14.7 Å². The highest BCUT2D eigenvalue weighted by Gasteiger charge is 2.54. The van der Waals surface area contributed by atoms with E-state index in [0.29, 0.717) is 29.4 Å². The van der Waals surface area contributed by atoms with Crippen molar-refractivity contribution in [3.8, 4) is 17.0 Å². The molecule has 0 atom stereocenters. The van der Waals surface area contributed by atoms with Gasteiger partial charge in [0.1, 0.15) is 29.9 Å². The number of benzene rings is 1. The number of carbonyl (C=O) groups is 2. The number of hydrogen-bond acceptors (Lipinski definition) is 8. The van der Waals surface area contributed by atoms with Crippen molar-refractivity contribution in [2.45, 2.75) is 77.1 Å². The summed E-state index contributed by atoms with van der Waals surface area (Å²) in [7, 11) is -2.49. The average Bonchev–Trinajstić information content (AvgIpc) is 3.19. The van der Waals surface area contributed by atoms with Gasteiger partial charge in [0.05, 0.1) is 29.4 Å². The quantitative estimate of drug-likeness (QED) is 0.326. The van der Waals surface area contributed by atoms with Gasteiger partial charge in [0.15, 0.2) is 0 Å². The Kier molecular flexibility index (Phi) is 8.51. The van der Waals surface area contributed by atoms with Crippen LogP contribution < -0.4 is 14.4 Å². The van der Waals surface area contributed by atoms with Gasteiger partial charge in [-0.05, 0) is 59.6 Å². The zero-order valence-electron chi connectivity index (χ0n) is 27.8. The molecule has 3 aromatic rings. The fraction of sp³-hybridized carbons (Fsp3) is 0.515. The van der Waals surface area contributed by atoms with E-state index in [-0.39, 0.29) is 60.9 Å². The Balaban J connectivity index is 1.35. The van der Waals surface area contributed by atoms with Crippen LogP contribution in [0.3, 0.4) is 0 Å². The number of carbonyl (C=O) groups excluding carboxylic acids is 2. The third-order valence-electron chi connectivity index (χ3n) is 9.06. The maximum atomic E-state index is 15.8. The zero-order chi connectivity index (χ0) is 34.8. The summed E-state index contributed by atoms with van der Waals surface area (Å²) in [5.74, 6) is -0.738. The molecule has 2 fully saturated rings. The van der Waals surface area contributed by atoms with Gasteiger partial charge < -0.3 is 19.3 Å². The Morgan fingerprint density at radius 2 is 1.88 bits per heavy atom. The SMILES string of the molecule is CC(C)N(CCOc1ncc(-c2cc3c4c(cnc3cc2F)N(C)C(=O)C42CCC2)cc1NS(=O)(=O)N1CC(F)C1)C(=O)OC(C)(C)C. The number of aromatic nitrogens is 2. The van der Waals surface area contributed by atoms with E-state index in [0.717, 1.165) is 16.3 Å². The number of nitrogens with zero attached hydrogens (tertiary/aromatic N) is 5. The molecule has 0 radical (unpaired) electrons. The van der Waals surface area contributed by atoms with Crippen LogP contribution >= 0.6 is 0 Å². The van der Waals surface area contributed by atoms with Crippen LogP contribution in [0.5, 0.6) is 5.88 Å². The molecule has 12 nitrogen and oxygen atoms in total. The predicted molar refractivity (Wildman–Crippen MR) is 176 cm³/mol. The summed E-state index contributed by atoms with van der Waals surface area (Å²) in [6, 6.07) is 4.10. The third kappa shape index (κ3) is 6.02. The molecule has 3 aliphatic rings. The van der Waals surface area contributed by atoms with Crippen LogP contribution in [0.4, 0.5) is 25.0 Å². The van der Waals surface area contributed by atoms with Crippen LogP contribution in [0, 0.1) is 5.82 Å². The molecular formula is C33H40F2N6O6S. The molecule has 2 aliphatic heterocycles. The predicted octanol–water partition coefficient (Wildman–Crippen LogP) is 5.17. The second kappa shape index (κ2) is 12.1. The van der Waals surface area contributed by atoms with Gasteiger partial charge >= 0.3 is 16.3 Å². The average molecular weight is 687 g/mol. The molecule has 2 aromatic heterocycles. The van der Waals surface area contributed by atoms with Gasteiger partial charge in [0.25, 0.3) is 0 Å². The maximum absolute atomic E-state index is 15.8. The van der Waals surface area contributed by atoms with E-state index < -0.39 is 39.3 Å². The number of amides is 2. The fourth-order valence-electron chi connectivity index (χ4n) is 6.41. The minimum atomic E-state index is -4.20. The summed E-state index contributed by atoms with van der Waals surface area (Å²) in [6.45, 7) is 8.37. The van der Waals surface area contributed by atoms with Crippen LogP contribution in [0.1, 0.15) is 59.4 Å². The summed E-state index contributed by atoms with van der Waals surface area (Å²) in [4.78, 5) is 37.9. The smallest absolute Gasteiger partial charge is 0.410 e. The summed E-state index contributed by atoms with van der Waals surface area (Å²) >= 11 is 0. The topological polar surface area (TPSA) is 134 Å². The van der Waals surface area contributed by atoms with Gasteiger partial charge in [0.2, 0.25) is 11.8 Å². The summed E-state index contributed by atoms with van der Waals surface area (Å²) in [5.41, 5.74) is 0.787. The number of likely N-dealkylation sites (N-methyl/N-ethyl adjacent to an activating group) is 1. The number of pyridine rings is 2. The van der Waals surface area contributed by atoms with Crippen molar-refractivity contribution in [1.29, 1.82) is 0 Å². The molecule has 0 unspecified atom stereocenters. The Hall–Kier alpha value is -4.11. The van der Waals surface area contributed by atoms with E-state index in [1.807, 2.05) is 13.8 Å². The van der Waals surface area contributed by atoms with Crippen LogP contribution in [0.2, 0.25) is 0 Å². The van der Waals surface area contributed by atoms with Crippen molar-refractivity contribution in [3.05, 3.63) is 42.0 Å². The third-order valence-corrected chi connectivity index (χ3v) is 10.5. The van der Waals surface area contributed by atoms with E-state index in [9.17, 15) is 22.4 Å². The van der Waals surface area contributed by atoms with Gasteiger partial charge in [-0.2, -0.15) is 12.7 Å². The number of hydrogen-bond donors (Lipinski definition) is 1. The first kappa shape index (κ1) is 33.8. The summed E-state index contributed by atoms with van der Waals surface area (Å²) < 4.78 is 70.4. The lowest BCUT2D eigenvalue weighted by Crippen LogP contribution is -2.53. The number of ether oxygens (including phenoxy) is 2. The zero-order valence-corrected chi connectivity index (χ0v) is 28.7. The van der Waals surface area contributed by atoms with Crippen molar-refractivity contribution in [3.63, 3.8) is 0 Å². The number of alkyl halides is 1. The van der Waals surface area contributed by atoms with Gasteiger partial charge in [0, 0.05) is 60.5 Å². The van der Waals surface area contributed by atoms with Crippen LogP contribution in [0.25, 0.3) is 22.0 Å². The molecule has 6 rings (SSSR count). The first-order valence-corrected chi connectivity index (χ1v) is 17.4. The maximum Gasteiger partial charge on any atom is 0.410 e. The Morgan fingerprint density at radius 3 is 2.48 bits per heavy atom. The molecule has 1 aliphatic carbocycles. The highest BCUT2D eigenvalue weighted by molar-refractivity contribution is 7.90. The lowest BCUT2D eigenvalue weighted by atomic mass is 9.64. The van der Waals surface area contributed by atoms with Gasteiger partial charge in [-0.3, -0.25) is 14.5 Å². The van der Waals surface area contributed by atoms with Crippen LogP contribution in [-0.2, 0) is 25.2 Å². The number of nitrogens with one attached hydrogen (secondary N) is 1. The lowest BCUT2D eigenvalue weighted by Gasteiger charge is -2.37.